The molecule has 1 saturated carbocycles. The normalized spacial score (nSPS) is 29.0. The minimum atomic E-state index is 0.155. The number of hydrogen-bond donors (Lipinski definition) is 0. The average Bonchev–Trinajstić information content (AvgIpc) is 2.36. The van der Waals surface area contributed by atoms with E-state index >= 15 is 0 Å². The van der Waals surface area contributed by atoms with Gasteiger partial charge in [0.2, 0.25) is 0 Å². The van der Waals surface area contributed by atoms with E-state index in [4.69, 9.17) is 0 Å². The molecule has 92 valence electrons. The predicted octanol–water partition coefficient (Wildman–Crippen LogP) is 3.87. The summed E-state index contributed by atoms with van der Waals surface area (Å²) in [5, 5.41) is 0. The Hall–Kier alpha value is -1.63. The molecule has 0 amide bonds. The lowest BCUT2D eigenvalue weighted by Crippen LogP contribution is -2.52. The number of ketones is 1. The molecule has 2 atom stereocenters. The van der Waals surface area contributed by atoms with Crippen molar-refractivity contribution >= 4 is 11.9 Å². The molecule has 0 saturated heterocycles. The molecule has 0 unspecified atom stereocenters. The van der Waals surface area contributed by atoms with Crippen molar-refractivity contribution in [2.75, 3.05) is 0 Å². The van der Waals surface area contributed by atoms with Gasteiger partial charge in [0.05, 0.1) is 0 Å². The minimum Gasteiger partial charge on any atom is -0.295 e. The molecule has 0 aromatic heterocycles. The van der Waals surface area contributed by atoms with Gasteiger partial charge < -0.3 is 0 Å². The van der Waals surface area contributed by atoms with Crippen LogP contribution in [0, 0.1) is 17.3 Å². The van der Waals surface area contributed by atoms with Crippen LogP contribution in [0.1, 0.15) is 25.8 Å². The lowest BCUT2D eigenvalue weighted by atomic mass is 9.48. The third kappa shape index (κ3) is 1.66. The van der Waals surface area contributed by atoms with Gasteiger partial charge in [0.25, 0.3) is 0 Å². The van der Waals surface area contributed by atoms with Crippen LogP contribution in [0.4, 0.5) is 0 Å². The van der Waals surface area contributed by atoms with Gasteiger partial charge in [-0.1, -0.05) is 56.3 Å². The number of allylic oxidation sites excluding steroid dienone is 3. The number of carbonyl (C=O) groups is 1. The maximum Gasteiger partial charge on any atom is 0.159 e. The highest BCUT2D eigenvalue weighted by Crippen LogP contribution is 2.58. The van der Waals surface area contributed by atoms with E-state index < -0.39 is 0 Å². The van der Waals surface area contributed by atoms with Gasteiger partial charge in [-0.25, -0.2) is 0 Å². The molecule has 1 fully saturated rings. The van der Waals surface area contributed by atoms with E-state index in [1.165, 1.54) is 11.1 Å². The van der Waals surface area contributed by atoms with Crippen molar-refractivity contribution in [3.63, 3.8) is 0 Å². The number of fused-ring (bicyclic) bond motifs is 1. The number of hydrogen-bond acceptors (Lipinski definition) is 1. The fraction of sp³-hybridized carbons (Fsp3) is 0.353. The van der Waals surface area contributed by atoms with Gasteiger partial charge >= 0.3 is 0 Å². The molecule has 1 aromatic carbocycles. The van der Waals surface area contributed by atoms with Crippen LogP contribution < -0.4 is 0 Å². The SMILES string of the molecule is CC1(C)[C@@H]2C[C@H]1C(C=Cc1ccccc1)=CC2=O. The van der Waals surface area contributed by atoms with E-state index in [0.29, 0.717) is 11.7 Å². The third-order valence-corrected chi connectivity index (χ3v) is 4.59. The summed E-state index contributed by atoms with van der Waals surface area (Å²) in [5.74, 6) is 1.13. The summed E-state index contributed by atoms with van der Waals surface area (Å²) in [6, 6.07) is 10.2. The largest absolute Gasteiger partial charge is 0.295 e. The van der Waals surface area contributed by atoms with E-state index in [-0.39, 0.29) is 11.3 Å². The number of benzene rings is 1. The summed E-state index contributed by atoms with van der Waals surface area (Å²) in [5.41, 5.74) is 2.55. The van der Waals surface area contributed by atoms with Crippen LogP contribution in [0.15, 0.2) is 48.1 Å². The molecular formula is C17H18O. The van der Waals surface area contributed by atoms with E-state index in [1.54, 1.807) is 0 Å². The van der Waals surface area contributed by atoms with Gasteiger partial charge in [-0.05, 0) is 35.0 Å². The molecule has 1 heteroatoms. The van der Waals surface area contributed by atoms with Gasteiger partial charge in [-0.3, -0.25) is 4.79 Å². The minimum absolute atomic E-state index is 0.155. The molecular weight excluding hydrogens is 220 g/mol. The zero-order valence-electron chi connectivity index (χ0n) is 10.9. The Bertz CT molecular complexity index is 534. The Kier molecular flexibility index (Phi) is 2.51. The molecule has 0 aliphatic heterocycles. The van der Waals surface area contributed by atoms with E-state index in [0.717, 1.165) is 6.42 Å². The van der Waals surface area contributed by atoms with Crippen molar-refractivity contribution < 1.29 is 4.79 Å². The van der Waals surface area contributed by atoms with E-state index in [2.05, 4.69) is 38.1 Å². The summed E-state index contributed by atoms with van der Waals surface area (Å²) in [4.78, 5) is 12.0. The summed E-state index contributed by atoms with van der Waals surface area (Å²) < 4.78 is 0. The third-order valence-electron chi connectivity index (χ3n) is 4.59. The molecule has 4 rings (SSSR count). The van der Waals surface area contributed by atoms with Crippen LogP contribution in [0.2, 0.25) is 0 Å². The summed E-state index contributed by atoms with van der Waals surface area (Å²) in [6.45, 7) is 4.43. The van der Waals surface area contributed by atoms with Crippen LogP contribution in [0.3, 0.4) is 0 Å². The highest BCUT2D eigenvalue weighted by molar-refractivity contribution is 5.96. The topological polar surface area (TPSA) is 17.1 Å². The van der Waals surface area contributed by atoms with Crippen LogP contribution in [0.5, 0.6) is 0 Å². The Morgan fingerprint density at radius 3 is 2.44 bits per heavy atom. The molecule has 1 aromatic rings. The Morgan fingerprint density at radius 2 is 1.83 bits per heavy atom. The first-order chi connectivity index (χ1) is 8.59. The van der Waals surface area contributed by atoms with Gasteiger partial charge in [0.1, 0.15) is 0 Å². The smallest absolute Gasteiger partial charge is 0.159 e. The second-order valence-corrected chi connectivity index (χ2v) is 5.95. The van der Waals surface area contributed by atoms with E-state index in [9.17, 15) is 4.79 Å². The highest BCUT2D eigenvalue weighted by atomic mass is 16.1. The summed E-state index contributed by atoms with van der Waals surface area (Å²) in [7, 11) is 0. The van der Waals surface area contributed by atoms with E-state index in [1.807, 2.05) is 24.3 Å². The van der Waals surface area contributed by atoms with Crippen molar-refractivity contribution in [1.29, 1.82) is 0 Å². The molecule has 0 spiro atoms. The zero-order valence-corrected chi connectivity index (χ0v) is 10.9. The fourth-order valence-corrected chi connectivity index (χ4v) is 3.26. The monoisotopic (exact) mass is 238 g/mol. The standard InChI is InChI=1S/C17H18O/c1-17(2)14-11-15(17)16(18)10-13(14)9-8-12-6-4-3-5-7-12/h3-10,14-15H,11H2,1-2H3/t14-,15+/m0/s1. The molecule has 0 heterocycles. The second-order valence-electron chi connectivity index (χ2n) is 5.95. The zero-order chi connectivity index (χ0) is 12.8. The molecule has 2 bridgehead atoms. The van der Waals surface area contributed by atoms with Gasteiger partial charge in [0.15, 0.2) is 5.78 Å². The lowest BCUT2D eigenvalue weighted by Gasteiger charge is -2.54. The predicted molar refractivity (Wildman–Crippen MR) is 73.9 cm³/mol. The molecule has 18 heavy (non-hydrogen) atoms. The van der Waals surface area contributed by atoms with Crippen LogP contribution >= 0.6 is 0 Å². The van der Waals surface area contributed by atoms with Crippen molar-refractivity contribution in [2.45, 2.75) is 20.3 Å². The highest BCUT2D eigenvalue weighted by Gasteiger charge is 2.54. The average molecular weight is 238 g/mol. The van der Waals surface area contributed by atoms with Crippen molar-refractivity contribution in [3.8, 4) is 0 Å². The molecule has 0 N–H and O–H groups in total. The van der Waals surface area contributed by atoms with Crippen LogP contribution in [-0.2, 0) is 4.79 Å². The van der Waals surface area contributed by atoms with Crippen molar-refractivity contribution in [2.24, 2.45) is 17.3 Å². The maximum atomic E-state index is 12.0. The molecule has 1 nitrogen and oxygen atoms in total. The van der Waals surface area contributed by atoms with Gasteiger partial charge in [-0.2, -0.15) is 0 Å². The summed E-state index contributed by atoms with van der Waals surface area (Å²) >= 11 is 0. The number of rotatable bonds is 2. The first-order valence-corrected chi connectivity index (χ1v) is 6.57. The first kappa shape index (κ1) is 11.5. The lowest BCUT2D eigenvalue weighted by molar-refractivity contribution is -0.133. The molecule has 3 aliphatic rings. The fourth-order valence-electron chi connectivity index (χ4n) is 3.26. The number of carbonyl (C=O) groups excluding carboxylic acids is 1. The molecule has 3 aliphatic carbocycles. The van der Waals surface area contributed by atoms with Crippen molar-refractivity contribution in [3.05, 3.63) is 53.6 Å². The van der Waals surface area contributed by atoms with Gasteiger partial charge in [-0.15, -0.1) is 0 Å². The molecule has 0 radical (unpaired) electrons. The first-order valence-electron chi connectivity index (χ1n) is 6.57. The Morgan fingerprint density at radius 1 is 1.11 bits per heavy atom. The Balaban J connectivity index is 1.86. The summed E-state index contributed by atoms with van der Waals surface area (Å²) in [6.07, 6.45) is 7.11. The maximum absolute atomic E-state index is 12.0. The quantitative estimate of drug-likeness (QED) is 0.764. The van der Waals surface area contributed by atoms with Gasteiger partial charge in [0, 0.05) is 5.92 Å². The Labute approximate surface area is 108 Å². The van der Waals surface area contributed by atoms with Crippen LogP contribution in [-0.4, -0.2) is 5.78 Å². The second kappa shape index (κ2) is 3.94. The van der Waals surface area contributed by atoms with Crippen LogP contribution in [0.25, 0.3) is 6.08 Å². The van der Waals surface area contributed by atoms with Crippen molar-refractivity contribution in [1.82, 2.24) is 0 Å².